The van der Waals surface area contributed by atoms with Crippen LogP contribution in [0.15, 0.2) is 6.20 Å². The number of carbonyl (C=O) groups is 1. The summed E-state index contributed by atoms with van der Waals surface area (Å²) in [6.45, 7) is 1.18. The summed E-state index contributed by atoms with van der Waals surface area (Å²) >= 11 is 0. The van der Waals surface area contributed by atoms with Crippen LogP contribution in [0.5, 0.6) is 11.6 Å². The standard InChI is InChI=1S/C11H13F3N2O4/c1-3-19-10(17)7-8(20-11(12,13)14)6(4-15)5-16-9(7)18-2/h5H,3-4,15H2,1-2H3. The van der Waals surface area contributed by atoms with Crippen LogP contribution < -0.4 is 15.2 Å². The average molecular weight is 294 g/mol. The van der Waals surface area contributed by atoms with E-state index >= 15 is 0 Å². The smallest absolute Gasteiger partial charge is 0.480 e. The summed E-state index contributed by atoms with van der Waals surface area (Å²) in [5.41, 5.74) is 4.69. The molecule has 6 nitrogen and oxygen atoms in total. The van der Waals surface area contributed by atoms with E-state index in [1.54, 1.807) is 0 Å². The highest BCUT2D eigenvalue weighted by molar-refractivity contribution is 5.95. The first-order valence-corrected chi connectivity index (χ1v) is 5.52. The van der Waals surface area contributed by atoms with Gasteiger partial charge in [-0.1, -0.05) is 0 Å². The van der Waals surface area contributed by atoms with Crippen LogP contribution in [0.3, 0.4) is 0 Å². The van der Waals surface area contributed by atoms with Crippen molar-refractivity contribution < 1.29 is 32.2 Å². The van der Waals surface area contributed by atoms with Crippen LogP contribution in [-0.2, 0) is 11.3 Å². The van der Waals surface area contributed by atoms with Gasteiger partial charge in [0.05, 0.1) is 13.7 Å². The van der Waals surface area contributed by atoms with Crippen molar-refractivity contribution in [1.82, 2.24) is 4.98 Å². The summed E-state index contributed by atoms with van der Waals surface area (Å²) < 4.78 is 50.6. The zero-order chi connectivity index (χ0) is 15.3. The zero-order valence-corrected chi connectivity index (χ0v) is 10.8. The molecule has 0 aliphatic carbocycles. The van der Waals surface area contributed by atoms with Gasteiger partial charge in [0.1, 0.15) is 0 Å². The largest absolute Gasteiger partial charge is 0.573 e. The molecule has 0 aliphatic heterocycles. The van der Waals surface area contributed by atoms with E-state index in [4.69, 9.17) is 10.5 Å². The summed E-state index contributed by atoms with van der Waals surface area (Å²) in [6.07, 6.45) is -3.94. The minimum Gasteiger partial charge on any atom is -0.480 e. The molecule has 20 heavy (non-hydrogen) atoms. The third-order valence-electron chi connectivity index (χ3n) is 2.18. The second-order valence-corrected chi connectivity index (χ2v) is 3.47. The number of alkyl halides is 3. The lowest BCUT2D eigenvalue weighted by Gasteiger charge is -2.17. The summed E-state index contributed by atoms with van der Waals surface area (Å²) in [5, 5.41) is 0. The van der Waals surface area contributed by atoms with Crippen molar-refractivity contribution in [2.24, 2.45) is 5.73 Å². The van der Waals surface area contributed by atoms with Gasteiger partial charge in [-0.15, -0.1) is 13.2 Å². The summed E-state index contributed by atoms with van der Waals surface area (Å²) in [4.78, 5) is 15.5. The number of nitrogens with zero attached hydrogens (tertiary/aromatic N) is 1. The molecule has 0 bridgehead atoms. The molecule has 0 saturated carbocycles. The van der Waals surface area contributed by atoms with E-state index in [-0.39, 0.29) is 24.6 Å². The Bertz CT molecular complexity index is 491. The van der Waals surface area contributed by atoms with Crippen molar-refractivity contribution in [2.45, 2.75) is 19.8 Å². The summed E-state index contributed by atoms with van der Waals surface area (Å²) in [6, 6.07) is 0. The SMILES string of the molecule is CCOC(=O)c1c(OC)ncc(CN)c1OC(F)(F)F. The van der Waals surface area contributed by atoms with Crippen molar-refractivity contribution in [3.63, 3.8) is 0 Å². The Labute approximate surface area is 112 Å². The minimum absolute atomic E-state index is 0.0275. The molecule has 0 aromatic carbocycles. The van der Waals surface area contributed by atoms with Crippen molar-refractivity contribution in [3.05, 3.63) is 17.3 Å². The molecule has 0 aliphatic rings. The van der Waals surface area contributed by atoms with Gasteiger partial charge in [-0.3, -0.25) is 0 Å². The molecular formula is C11H13F3N2O4. The molecule has 0 amide bonds. The average Bonchev–Trinajstić information content (AvgIpc) is 2.36. The van der Waals surface area contributed by atoms with Crippen LogP contribution in [0.2, 0.25) is 0 Å². The third kappa shape index (κ3) is 3.73. The Balaban J connectivity index is 3.43. The first-order chi connectivity index (χ1) is 9.34. The second kappa shape index (κ2) is 6.42. The molecule has 0 radical (unpaired) electrons. The van der Waals surface area contributed by atoms with Gasteiger partial charge in [-0.05, 0) is 6.92 Å². The number of aromatic nitrogens is 1. The maximum absolute atomic E-state index is 12.4. The number of ether oxygens (including phenoxy) is 3. The number of carbonyl (C=O) groups excluding carboxylic acids is 1. The maximum atomic E-state index is 12.4. The lowest BCUT2D eigenvalue weighted by molar-refractivity contribution is -0.275. The number of methoxy groups -OCH3 is 1. The molecule has 1 rings (SSSR count). The fourth-order valence-electron chi connectivity index (χ4n) is 1.43. The highest BCUT2D eigenvalue weighted by Gasteiger charge is 2.36. The second-order valence-electron chi connectivity index (χ2n) is 3.47. The Morgan fingerprint density at radius 2 is 2.10 bits per heavy atom. The molecule has 112 valence electrons. The van der Waals surface area contributed by atoms with Crippen LogP contribution in [0.4, 0.5) is 13.2 Å². The Hall–Kier alpha value is -2.03. The van der Waals surface area contributed by atoms with E-state index in [0.717, 1.165) is 13.3 Å². The highest BCUT2D eigenvalue weighted by Crippen LogP contribution is 2.34. The van der Waals surface area contributed by atoms with Crippen molar-refractivity contribution in [3.8, 4) is 11.6 Å². The van der Waals surface area contributed by atoms with E-state index in [2.05, 4.69) is 14.5 Å². The molecule has 1 aromatic heterocycles. The van der Waals surface area contributed by atoms with Gasteiger partial charge >= 0.3 is 12.3 Å². The van der Waals surface area contributed by atoms with E-state index in [1.165, 1.54) is 6.92 Å². The zero-order valence-electron chi connectivity index (χ0n) is 10.8. The third-order valence-corrected chi connectivity index (χ3v) is 2.18. The van der Waals surface area contributed by atoms with Gasteiger partial charge in [-0.25, -0.2) is 9.78 Å². The topological polar surface area (TPSA) is 83.7 Å². The number of hydrogen-bond acceptors (Lipinski definition) is 6. The van der Waals surface area contributed by atoms with Crippen LogP contribution in [0, 0.1) is 0 Å². The predicted octanol–water partition coefficient (Wildman–Crippen LogP) is 1.62. The molecule has 1 heterocycles. The predicted molar refractivity (Wildman–Crippen MR) is 61.3 cm³/mol. The number of nitrogens with two attached hydrogens (primary N) is 1. The van der Waals surface area contributed by atoms with Gasteiger partial charge in [0.15, 0.2) is 11.3 Å². The molecule has 0 atom stereocenters. The van der Waals surface area contributed by atoms with Gasteiger partial charge < -0.3 is 19.9 Å². The molecule has 1 aromatic rings. The minimum atomic E-state index is -4.99. The summed E-state index contributed by atoms with van der Waals surface area (Å²) in [7, 11) is 1.16. The number of esters is 1. The van der Waals surface area contributed by atoms with E-state index in [9.17, 15) is 18.0 Å². The van der Waals surface area contributed by atoms with Gasteiger partial charge in [0, 0.05) is 18.3 Å². The van der Waals surface area contributed by atoms with E-state index in [1.807, 2.05) is 0 Å². The van der Waals surface area contributed by atoms with Gasteiger partial charge in [-0.2, -0.15) is 0 Å². The number of hydrogen-bond donors (Lipinski definition) is 1. The number of pyridine rings is 1. The Morgan fingerprint density at radius 3 is 2.55 bits per heavy atom. The fraction of sp³-hybridized carbons (Fsp3) is 0.455. The number of rotatable bonds is 5. The highest BCUT2D eigenvalue weighted by atomic mass is 19.4. The molecule has 0 spiro atoms. The quantitative estimate of drug-likeness (QED) is 0.831. The van der Waals surface area contributed by atoms with Crippen LogP contribution >= 0.6 is 0 Å². The van der Waals surface area contributed by atoms with Crippen molar-refractivity contribution >= 4 is 5.97 Å². The lowest BCUT2D eigenvalue weighted by Crippen LogP contribution is -2.22. The van der Waals surface area contributed by atoms with Gasteiger partial charge in [0.25, 0.3) is 0 Å². The monoisotopic (exact) mass is 294 g/mol. The summed E-state index contributed by atoms with van der Waals surface area (Å²) in [5.74, 6) is -2.13. The first-order valence-electron chi connectivity index (χ1n) is 5.52. The van der Waals surface area contributed by atoms with Gasteiger partial charge in [0.2, 0.25) is 5.88 Å². The normalized spacial score (nSPS) is 11.1. The molecule has 0 saturated heterocycles. The Kier molecular flexibility index (Phi) is 5.14. The fourth-order valence-corrected chi connectivity index (χ4v) is 1.43. The van der Waals surface area contributed by atoms with Crippen LogP contribution in [0.1, 0.15) is 22.8 Å². The molecule has 9 heteroatoms. The first kappa shape index (κ1) is 16.0. The number of halogens is 3. The Morgan fingerprint density at radius 1 is 1.45 bits per heavy atom. The van der Waals surface area contributed by atoms with E-state index in [0.29, 0.717) is 0 Å². The molecule has 2 N–H and O–H groups in total. The van der Waals surface area contributed by atoms with Crippen LogP contribution in [0.25, 0.3) is 0 Å². The maximum Gasteiger partial charge on any atom is 0.573 e. The van der Waals surface area contributed by atoms with Crippen molar-refractivity contribution in [2.75, 3.05) is 13.7 Å². The van der Waals surface area contributed by atoms with E-state index < -0.39 is 23.6 Å². The lowest BCUT2D eigenvalue weighted by atomic mass is 10.1. The molecule has 0 fully saturated rings. The molecule has 0 unspecified atom stereocenters. The van der Waals surface area contributed by atoms with Crippen molar-refractivity contribution in [1.29, 1.82) is 0 Å². The molecular weight excluding hydrogens is 281 g/mol. The van der Waals surface area contributed by atoms with Crippen LogP contribution in [-0.4, -0.2) is 31.0 Å².